The van der Waals surface area contributed by atoms with E-state index in [1.54, 1.807) is 0 Å². The van der Waals surface area contributed by atoms with Gasteiger partial charge in [0.1, 0.15) is 0 Å². The number of aromatic amines is 4. The van der Waals surface area contributed by atoms with E-state index in [0.29, 0.717) is 0 Å². The average molecular weight is 392 g/mol. The molecule has 2 rings (SSSR count). The van der Waals surface area contributed by atoms with Gasteiger partial charge in [-0.15, -0.1) is 0 Å². The maximum absolute atomic E-state index is 11.5. The van der Waals surface area contributed by atoms with Crippen LogP contribution in [0.3, 0.4) is 0 Å². The van der Waals surface area contributed by atoms with Crippen molar-refractivity contribution in [1.29, 1.82) is 0 Å². The van der Waals surface area contributed by atoms with Crippen LogP contribution in [0.25, 0.3) is 0 Å². The van der Waals surface area contributed by atoms with Gasteiger partial charge < -0.3 is 19.4 Å². The molecule has 2 aromatic heterocycles. The van der Waals surface area contributed by atoms with E-state index in [-0.39, 0.29) is 37.2 Å². The molecule has 0 aliphatic heterocycles. The second-order valence-electron chi connectivity index (χ2n) is 5.36. The zero-order valence-electron chi connectivity index (χ0n) is 14.4. The van der Waals surface area contributed by atoms with Gasteiger partial charge >= 0.3 is 23.3 Å². The highest BCUT2D eigenvalue weighted by Gasteiger charge is 2.05. The van der Waals surface area contributed by atoms with Gasteiger partial charge in [-0.1, -0.05) is 0 Å². The molecule has 0 spiro atoms. The van der Waals surface area contributed by atoms with E-state index in [2.05, 4.69) is 9.97 Å². The van der Waals surface area contributed by atoms with Crippen molar-refractivity contribution < 1.29 is 19.1 Å². The molecule has 0 amide bonds. The van der Waals surface area contributed by atoms with Gasteiger partial charge in [-0.3, -0.25) is 19.6 Å². The Balaban J connectivity index is 1.71. The molecular weight excluding hydrogens is 376 g/mol. The van der Waals surface area contributed by atoms with Crippen LogP contribution in [-0.4, -0.2) is 45.1 Å². The normalized spacial score (nSPS) is 10.7. The second kappa shape index (κ2) is 9.66. The number of hydrogen-bond acceptors (Lipinski definition) is 8. The summed E-state index contributed by atoms with van der Waals surface area (Å²) in [5.74, 6) is -1.65. The lowest BCUT2D eigenvalue weighted by atomic mass is 10.2. The SMILES string of the molecule is O=C(/C=C/C(=O)OCCc1c[nH]c(=O)[nH]c1=O)OCCc1c[nH]c(=O)[nH]c1=O. The zero-order valence-corrected chi connectivity index (χ0v) is 14.4. The molecule has 28 heavy (non-hydrogen) atoms. The fraction of sp³-hybridized carbons (Fsp3) is 0.250. The first-order valence-corrected chi connectivity index (χ1v) is 7.98. The van der Waals surface area contributed by atoms with E-state index in [0.717, 1.165) is 12.2 Å². The summed E-state index contributed by atoms with van der Waals surface area (Å²) in [7, 11) is 0. The first-order valence-electron chi connectivity index (χ1n) is 7.98. The van der Waals surface area contributed by atoms with Gasteiger partial charge in [-0.05, 0) is 0 Å². The van der Waals surface area contributed by atoms with E-state index in [9.17, 15) is 28.8 Å². The Morgan fingerprint density at radius 1 is 0.750 bits per heavy atom. The number of nitrogens with one attached hydrogen (secondary N) is 4. The highest BCUT2D eigenvalue weighted by Crippen LogP contribution is 1.93. The van der Waals surface area contributed by atoms with Crippen LogP contribution in [0.5, 0.6) is 0 Å². The van der Waals surface area contributed by atoms with Crippen molar-refractivity contribution in [3.63, 3.8) is 0 Å². The van der Waals surface area contributed by atoms with Gasteiger partial charge in [-0.25, -0.2) is 19.2 Å². The summed E-state index contributed by atoms with van der Waals surface area (Å²) in [5, 5.41) is 0. The van der Waals surface area contributed by atoms with Crippen LogP contribution in [0.15, 0.2) is 43.7 Å². The third kappa shape index (κ3) is 6.40. The molecule has 12 heteroatoms. The minimum Gasteiger partial charge on any atom is -0.462 e. The Morgan fingerprint density at radius 3 is 1.50 bits per heavy atom. The molecule has 0 saturated carbocycles. The fourth-order valence-electron chi connectivity index (χ4n) is 2.00. The van der Waals surface area contributed by atoms with Crippen LogP contribution in [-0.2, 0) is 31.9 Å². The second-order valence-corrected chi connectivity index (χ2v) is 5.36. The summed E-state index contributed by atoms with van der Waals surface area (Å²) in [5.41, 5.74) is -1.99. The topological polar surface area (TPSA) is 184 Å². The number of carbonyl (C=O) groups is 2. The van der Waals surface area contributed by atoms with Crippen molar-refractivity contribution >= 4 is 11.9 Å². The quantitative estimate of drug-likeness (QED) is 0.290. The van der Waals surface area contributed by atoms with Gasteiger partial charge in [0.15, 0.2) is 0 Å². The molecule has 2 heterocycles. The van der Waals surface area contributed by atoms with Gasteiger partial charge in [-0.2, -0.15) is 0 Å². The highest BCUT2D eigenvalue weighted by atomic mass is 16.5. The Morgan fingerprint density at radius 2 is 1.14 bits per heavy atom. The van der Waals surface area contributed by atoms with Crippen molar-refractivity contribution in [3.05, 3.63) is 77.3 Å². The maximum atomic E-state index is 11.5. The van der Waals surface area contributed by atoms with Crippen LogP contribution >= 0.6 is 0 Å². The Labute approximate surface area is 155 Å². The van der Waals surface area contributed by atoms with Crippen molar-refractivity contribution in [2.75, 3.05) is 13.2 Å². The molecule has 4 N–H and O–H groups in total. The number of aromatic nitrogens is 4. The fourth-order valence-corrected chi connectivity index (χ4v) is 2.00. The molecule has 12 nitrogen and oxygen atoms in total. The molecule has 0 radical (unpaired) electrons. The Hall–Kier alpha value is -3.96. The third-order valence-corrected chi connectivity index (χ3v) is 3.38. The number of rotatable bonds is 8. The van der Waals surface area contributed by atoms with Crippen molar-refractivity contribution in [1.82, 2.24) is 19.9 Å². The molecule has 0 unspecified atom stereocenters. The van der Waals surface area contributed by atoms with E-state index in [1.807, 2.05) is 9.97 Å². The predicted molar refractivity (Wildman–Crippen MR) is 93.8 cm³/mol. The molecule has 0 aliphatic carbocycles. The van der Waals surface area contributed by atoms with Gasteiger partial charge in [0.2, 0.25) is 0 Å². The summed E-state index contributed by atoms with van der Waals surface area (Å²) in [4.78, 5) is 76.3. The summed E-state index contributed by atoms with van der Waals surface area (Å²) in [6.07, 6.45) is 4.29. The standard InChI is InChI=1S/C16H16N4O8/c21-11(27-5-3-9-7-17-15(25)19-13(9)23)1-2-12(22)28-6-4-10-8-18-16(26)20-14(10)24/h1-2,7-8H,3-6H2,(H2,17,19,23,25)(H2,18,20,24,26)/b2-1+. The minimum absolute atomic E-state index is 0.0733. The van der Waals surface area contributed by atoms with Crippen molar-refractivity contribution in [3.8, 4) is 0 Å². The first-order chi connectivity index (χ1) is 13.3. The van der Waals surface area contributed by atoms with Crippen molar-refractivity contribution in [2.45, 2.75) is 12.8 Å². The largest absolute Gasteiger partial charge is 0.462 e. The van der Waals surface area contributed by atoms with E-state index in [1.165, 1.54) is 12.4 Å². The summed E-state index contributed by atoms with van der Waals surface area (Å²) in [6, 6.07) is 0. The monoisotopic (exact) mass is 392 g/mol. The molecule has 0 aromatic carbocycles. The lowest BCUT2D eigenvalue weighted by Crippen LogP contribution is -2.25. The van der Waals surface area contributed by atoms with Crippen LogP contribution in [0, 0.1) is 0 Å². The maximum Gasteiger partial charge on any atom is 0.331 e. The zero-order chi connectivity index (χ0) is 20.5. The number of H-pyrrole nitrogens is 4. The molecule has 0 aliphatic rings. The predicted octanol–water partition coefficient (Wildman–Crippen LogP) is -2.13. The summed E-state index contributed by atoms with van der Waals surface area (Å²) in [6.45, 7) is -0.273. The molecule has 2 aromatic rings. The van der Waals surface area contributed by atoms with Gasteiger partial charge in [0.25, 0.3) is 11.1 Å². The van der Waals surface area contributed by atoms with E-state index >= 15 is 0 Å². The molecule has 0 fully saturated rings. The van der Waals surface area contributed by atoms with Gasteiger partial charge in [0.05, 0.1) is 13.2 Å². The van der Waals surface area contributed by atoms with Gasteiger partial charge in [0, 0.05) is 48.5 Å². The average Bonchev–Trinajstić information content (AvgIpc) is 2.63. The van der Waals surface area contributed by atoms with Crippen molar-refractivity contribution in [2.24, 2.45) is 0 Å². The molecule has 0 atom stereocenters. The smallest absolute Gasteiger partial charge is 0.331 e. The third-order valence-electron chi connectivity index (χ3n) is 3.38. The Kier molecular flexibility index (Phi) is 7.02. The van der Waals surface area contributed by atoms with Crippen LogP contribution < -0.4 is 22.5 Å². The van der Waals surface area contributed by atoms with Crippen LogP contribution in [0.2, 0.25) is 0 Å². The highest BCUT2D eigenvalue weighted by molar-refractivity contribution is 5.91. The lowest BCUT2D eigenvalue weighted by molar-refractivity contribution is -0.140. The lowest BCUT2D eigenvalue weighted by Gasteiger charge is -2.02. The summed E-state index contributed by atoms with van der Waals surface area (Å²) < 4.78 is 9.65. The molecule has 0 saturated heterocycles. The molecule has 0 bridgehead atoms. The number of esters is 2. The van der Waals surface area contributed by atoms with Crippen LogP contribution in [0.4, 0.5) is 0 Å². The number of carbonyl (C=O) groups excluding carboxylic acids is 2. The first kappa shape index (κ1) is 20.4. The van der Waals surface area contributed by atoms with E-state index < -0.39 is 34.4 Å². The number of ether oxygens (including phenoxy) is 2. The van der Waals surface area contributed by atoms with E-state index in [4.69, 9.17) is 9.47 Å². The molecular formula is C16H16N4O8. The number of hydrogen-bond donors (Lipinski definition) is 4. The summed E-state index contributed by atoms with van der Waals surface area (Å²) >= 11 is 0. The van der Waals surface area contributed by atoms with Crippen LogP contribution in [0.1, 0.15) is 11.1 Å². The Bertz CT molecular complexity index is 1020. The minimum atomic E-state index is -0.824. The molecule has 148 valence electrons.